The fraction of sp³-hybridized carbons (Fsp3) is 0.545. The first-order chi connectivity index (χ1) is 12.7. The average Bonchev–Trinajstić information content (AvgIpc) is 2.95. The smallest absolute Gasteiger partial charge is 0.322 e. The number of nitrogens with one attached hydrogen (secondary N) is 1. The van der Waals surface area contributed by atoms with Crippen molar-refractivity contribution in [2.45, 2.75) is 58.4 Å². The van der Waals surface area contributed by atoms with Crippen LogP contribution < -0.4 is 5.32 Å². The molecule has 0 radical (unpaired) electrons. The summed E-state index contributed by atoms with van der Waals surface area (Å²) < 4.78 is 0. The van der Waals surface area contributed by atoms with Crippen LogP contribution in [0.25, 0.3) is 0 Å². The summed E-state index contributed by atoms with van der Waals surface area (Å²) in [5.74, 6) is 0.0536. The van der Waals surface area contributed by atoms with Crippen LogP contribution in [0.2, 0.25) is 0 Å². The van der Waals surface area contributed by atoms with Gasteiger partial charge in [0.2, 0.25) is 0 Å². The molecule has 0 bridgehead atoms. The molecule has 1 aromatic rings. The number of benzene rings is 1. The van der Waals surface area contributed by atoms with Crippen LogP contribution in [-0.2, 0) is 10.2 Å². The van der Waals surface area contributed by atoms with Gasteiger partial charge in [-0.1, -0.05) is 64.8 Å². The van der Waals surface area contributed by atoms with Crippen LogP contribution >= 0.6 is 0 Å². The van der Waals surface area contributed by atoms with Crippen LogP contribution in [0.1, 0.15) is 64.1 Å². The largest absolute Gasteiger partial charge is 0.333 e. The highest BCUT2D eigenvalue weighted by molar-refractivity contribution is 6.01. The Hall–Kier alpha value is -2.30. The Morgan fingerprint density at radius 2 is 1.78 bits per heavy atom. The Morgan fingerprint density at radius 3 is 2.37 bits per heavy atom. The van der Waals surface area contributed by atoms with Gasteiger partial charge in [0.15, 0.2) is 0 Å². The summed E-state index contributed by atoms with van der Waals surface area (Å²) >= 11 is 0. The summed E-state index contributed by atoms with van der Waals surface area (Å²) in [5.41, 5.74) is 3.82. The van der Waals surface area contributed by atoms with Gasteiger partial charge in [0.05, 0.1) is 23.9 Å². The molecular weight excluding hydrogens is 338 g/mol. The summed E-state index contributed by atoms with van der Waals surface area (Å²) in [5, 5.41) is 3.01. The van der Waals surface area contributed by atoms with Gasteiger partial charge in [-0.3, -0.25) is 9.69 Å². The molecule has 1 aromatic carbocycles. The second kappa shape index (κ2) is 7.37. The lowest BCUT2D eigenvalue weighted by Gasteiger charge is -2.31. The lowest BCUT2D eigenvalue weighted by Crippen LogP contribution is -2.45. The first-order valence-corrected chi connectivity index (χ1v) is 9.91. The number of carbonyl (C=O) groups is 2. The highest BCUT2D eigenvalue weighted by atomic mass is 16.2. The van der Waals surface area contributed by atoms with Gasteiger partial charge in [0.25, 0.3) is 5.91 Å². The van der Waals surface area contributed by atoms with Gasteiger partial charge in [-0.15, -0.1) is 0 Å². The molecule has 0 fully saturated rings. The number of nitrogens with zero attached hydrogens (tertiary/aromatic N) is 2. The predicted octanol–water partition coefficient (Wildman–Crippen LogP) is 3.97. The molecule has 27 heavy (non-hydrogen) atoms. The molecule has 0 aromatic heterocycles. The van der Waals surface area contributed by atoms with Crippen LogP contribution in [0.5, 0.6) is 0 Å². The van der Waals surface area contributed by atoms with E-state index in [4.69, 9.17) is 0 Å². The fourth-order valence-corrected chi connectivity index (χ4v) is 3.78. The van der Waals surface area contributed by atoms with Crippen molar-refractivity contribution >= 4 is 11.9 Å². The Balaban J connectivity index is 1.89. The minimum Gasteiger partial charge on any atom is -0.333 e. The molecule has 1 N–H and O–H groups in total. The molecular formula is C22H31N3O2. The van der Waals surface area contributed by atoms with Gasteiger partial charge in [-0.2, -0.15) is 0 Å². The number of unbranched alkanes of at least 4 members (excludes halogenated alkanes) is 2. The van der Waals surface area contributed by atoms with Crippen LogP contribution in [0.4, 0.5) is 4.79 Å². The van der Waals surface area contributed by atoms with E-state index >= 15 is 0 Å². The fourth-order valence-electron chi connectivity index (χ4n) is 3.78. The molecule has 0 spiro atoms. The van der Waals surface area contributed by atoms with Crippen molar-refractivity contribution in [3.63, 3.8) is 0 Å². The number of amides is 3. The van der Waals surface area contributed by atoms with Gasteiger partial charge in [-0.25, -0.2) is 4.79 Å². The Labute approximate surface area is 162 Å². The number of carbonyl (C=O) groups excluding carboxylic acids is 2. The summed E-state index contributed by atoms with van der Waals surface area (Å²) in [7, 11) is 1.74. The molecule has 2 aliphatic heterocycles. The van der Waals surface area contributed by atoms with Crippen molar-refractivity contribution < 1.29 is 9.59 Å². The molecule has 1 unspecified atom stereocenters. The Morgan fingerprint density at radius 1 is 1.11 bits per heavy atom. The molecule has 5 nitrogen and oxygen atoms in total. The van der Waals surface area contributed by atoms with E-state index in [1.54, 1.807) is 11.9 Å². The van der Waals surface area contributed by atoms with Gasteiger partial charge in [0.1, 0.15) is 0 Å². The maximum absolute atomic E-state index is 13.1. The standard InChI is InChI=1S/C22H31N3O2/c1-6-7-8-13-25-14-17-18(20(25)26)19(23-21(27)24(17)5)15-9-11-16(12-10-15)22(2,3)4/h9-12,19H,6-8,13-14H2,1-5H3,(H,23,27). The van der Waals surface area contributed by atoms with E-state index in [-0.39, 0.29) is 23.4 Å². The Bertz CT molecular complexity index is 759. The third-order valence-electron chi connectivity index (χ3n) is 5.58. The van der Waals surface area contributed by atoms with Gasteiger partial charge in [-0.05, 0) is 23.0 Å². The molecule has 5 heteroatoms. The number of hydrogen-bond acceptors (Lipinski definition) is 2. The normalized spacial score (nSPS) is 20.3. The zero-order chi connectivity index (χ0) is 19.8. The highest BCUT2D eigenvalue weighted by Gasteiger charge is 2.42. The molecule has 0 saturated heterocycles. The first-order valence-electron chi connectivity index (χ1n) is 9.91. The predicted molar refractivity (Wildman–Crippen MR) is 107 cm³/mol. The number of hydrogen-bond donors (Lipinski definition) is 1. The zero-order valence-corrected chi connectivity index (χ0v) is 17.1. The third-order valence-corrected chi connectivity index (χ3v) is 5.58. The van der Waals surface area contributed by atoms with E-state index in [1.165, 1.54) is 5.56 Å². The quantitative estimate of drug-likeness (QED) is 0.799. The van der Waals surface area contributed by atoms with Crippen molar-refractivity contribution in [2.75, 3.05) is 20.1 Å². The van der Waals surface area contributed by atoms with Crippen molar-refractivity contribution in [3.05, 3.63) is 46.7 Å². The van der Waals surface area contributed by atoms with E-state index in [1.807, 2.05) is 17.0 Å². The summed E-state index contributed by atoms with van der Waals surface area (Å²) in [6.07, 6.45) is 3.23. The Kier molecular flexibility index (Phi) is 5.31. The van der Waals surface area contributed by atoms with E-state index < -0.39 is 0 Å². The second-order valence-corrected chi connectivity index (χ2v) is 8.61. The lowest BCUT2D eigenvalue weighted by molar-refractivity contribution is -0.125. The minimum atomic E-state index is -0.374. The number of rotatable bonds is 5. The summed E-state index contributed by atoms with van der Waals surface area (Å²) in [6.45, 7) is 9.95. The molecule has 3 rings (SSSR count). The molecule has 146 valence electrons. The van der Waals surface area contributed by atoms with Crippen LogP contribution in [0, 0.1) is 0 Å². The van der Waals surface area contributed by atoms with E-state index in [2.05, 4.69) is 45.1 Å². The van der Waals surface area contributed by atoms with E-state index in [0.717, 1.165) is 42.6 Å². The van der Waals surface area contributed by atoms with Gasteiger partial charge >= 0.3 is 6.03 Å². The maximum atomic E-state index is 13.1. The lowest BCUT2D eigenvalue weighted by atomic mass is 9.85. The average molecular weight is 370 g/mol. The van der Waals surface area contributed by atoms with E-state index in [9.17, 15) is 9.59 Å². The number of likely N-dealkylation sites (N-methyl/N-ethyl adjacent to an activating group) is 1. The summed E-state index contributed by atoms with van der Waals surface area (Å²) in [4.78, 5) is 29.0. The molecule has 2 aliphatic rings. The SMILES string of the molecule is CCCCCN1CC2=C(C1=O)C(c1ccc(C(C)(C)C)cc1)NC(=O)N2C. The molecule has 0 saturated carbocycles. The van der Waals surface area contributed by atoms with Crippen molar-refractivity contribution in [1.82, 2.24) is 15.1 Å². The van der Waals surface area contributed by atoms with E-state index in [0.29, 0.717) is 6.54 Å². The zero-order valence-electron chi connectivity index (χ0n) is 17.1. The van der Waals surface area contributed by atoms with Gasteiger partial charge in [0, 0.05) is 13.6 Å². The molecule has 1 atom stereocenters. The molecule has 3 amide bonds. The first kappa shape index (κ1) is 19.5. The molecule has 0 aliphatic carbocycles. The van der Waals surface area contributed by atoms with Crippen LogP contribution in [0.15, 0.2) is 35.5 Å². The summed E-state index contributed by atoms with van der Waals surface area (Å²) in [6, 6.07) is 7.74. The molecule has 2 heterocycles. The highest BCUT2D eigenvalue weighted by Crippen LogP contribution is 2.36. The van der Waals surface area contributed by atoms with Crippen LogP contribution in [0.3, 0.4) is 0 Å². The third kappa shape index (κ3) is 3.73. The number of urea groups is 1. The van der Waals surface area contributed by atoms with Crippen molar-refractivity contribution in [2.24, 2.45) is 0 Å². The monoisotopic (exact) mass is 369 g/mol. The maximum Gasteiger partial charge on any atom is 0.322 e. The second-order valence-electron chi connectivity index (χ2n) is 8.61. The van der Waals surface area contributed by atoms with Crippen molar-refractivity contribution in [3.8, 4) is 0 Å². The minimum absolute atomic E-state index is 0.0536. The van der Waals surface area contributed by atoms with Crippen LogP contribution in [-0.4, -0.2) is 41.9 Å². The topological polar surface area (TPSA) is 52.7 Å². The van der Waals surface area contributed by atoms with Crippen molar-refractivity contribution in [1.29, 1.82) is 0 Å². The van der Waals surface area contributed by atoms with Gasteiger partial charge < -0.3 is 10.2 Å².